The van der Waals surface area contributed by atoms with Gasteiger partial charge < -0.3 is 33.7 Å². The van der Waals surface area contributed by atoms with Gasteiger partial charge >= 0.3 is 6.03 Å². The predicted molar refractivity (Wildman–Crippen MR) is 167 cm³/mol. The number of ether oxygens (including phenoxy) is 3. The van der Waals surface area contributed by atoms with Crippen LogP contribution in [0.25, 0.3) is 11.0 Å². The molecule has 10 nitrogen and oxygen atoms in total. The van der Waals surface area contributed by atoms with Gasteiger partial charge in [0.05, 0.1) is 36.6 Å². The number of carbonyl (C=O) groups is 2. The molecule has 1 aliphatic rings. The van der Waals surface area contributed by atoms with E-state index in [9.17, 15) is 14.4 Å². The van der Waals surface area contributed by atoms with E-state index in [2.05, 4.69) is 19.2 Å². The molecule has 1 N–H and O–H groups in total. The number of carbonyl (C=O) groups excluding carboxylic acids is 2. The topological polar surface area (TPSA) is 111 Å². The molecule has 0 unspecified atom stereocenters. The average molecular weight is 620 g/mol. The molecular formula is C33H34ClN3O7. The predicted octanol–water partition coefficient (Wildman–Crippen LogP) is 6.29. The maximum atomic E-state index is 14.0. The first kappa shape index (κ1) is 30.7. The summed E-state index contributed by atoms with van der Waals surface area (Å²) < 4.78 is 22.1. The highest BCUT2D eigenvalue weighted by Crippen LogP contribution is 2.33. The van der Waals surface area contributed by atoms with Crippen molar-refractivity contribution in [3.8, 4) is 17.2 Å². The van der Waals surface area contributed by atoms with Crippen LogP contribution in [0.15, 0.2) is 76.1 Å². The first-order valence-corrected chi connectivity index (χ1v) is 14.6. The number of para-hydroxylation sites is 2. The zero-order chi connectivity index (χ0) is 31.2. The zero-order valence-corrected chi connectivity index (χ0v) is 25.6. The van der Waals surface area contributed by atoms with Crippen molar-refractivity contribution in [1.29, 1.82) is 0 Å². The normalized spacial score (nSPS) is 11.9. The van der Waals surface area contributed by atoms with E-state index in [1.54, 1.807) is 54.6 Å². The summed E-state index contributed by atoms with van der Waals surface area (Å²) in [5.74, 6) is 1.64. The molecule has 230 valence electrons. The number of benzene rings is 3. The molecule has 0 radical (unpaired) electrons. The second kappa shape index (κ2) is 13.7. The van der Waals surface area contributed by atoms with Gasteiger partial charge in [-0.1, -0.05) is 43.6 Å². The molecule has 5 rings (SSSR count). The number of fused-ring (bicyclic) bond motifs is 2. The highest BCUT2D eigenvalue weighted by Gasteiger charge is 2.25. The van der Waals surface area contributed by atoms with E-state index in [-0.39, 0.29) is 43.3 Å². The lowest BCUT2D eigenvalue weighted by molar-refractivity contribution is -0.133. The van der Waals surface area contributed by atoms with Gasteiger partial charge in [0.1, 0.15) is 17.9 Å². The Morgan fingerprint density at radius 2 is 1.80 bits per heavy atom. The van der Waals surface area contributed by atoms with Crippen LogP contribution in [0.1, 0.15) is 31.4 Å². The molecule has 0 aliphatic carbocycles. The van der Waals surface area contributed by atoms with Crippen molar-refractivity contribution in [2.45, 2.75) is 33.4 Å². The summed E-state index contributed by atoms with van der Waals surface area (Å²) in [6, 6.07) is 16.9. The van der Waals surface area contributed by atoms with Crippen LogP contribution in [-0.2, 0) is 17.9 Å². The van der Waals surface area contributed by atoms with Gasteiger partial charge in [0.25, 0.3) is 0 Å². The Labute approximate surface area is 260 Å². The number of amides is 3. The molecule has 0 spiro atoms. The zero-order valence-electron chi connectivity index (χ0n) is 24.8. The Bertz CT molecular complexity index is 1720. The van der Waals surface area contributed by atoms with Crippen LogP contribution < -0.4 is 25.0 Å². The van der Waals surface area contributed by atoms with Crippen LogP contribution in [0.3, 0.4) is 0 Å². The number of anilines is 1. The minimum Gasteiger partial charge on any atom is -0.495 e. The van der Waals surface area contributed by atoms with Crippen LogP contribution in [0, 0.1) is 5.92 Å². The average Bonchev–Trinajstić information content (AvgIpc) is 3.48. The smallest absolute Gasteiger partial charge is 0.322 e. The van der Waals surface area contributed by atoms with E-state index >= 15 is 0 Å². The van der Waals surface area contributed by atoms with Gasteiger partial charge in [0, 0.05) is 18.1 Å². The van der Waals surface area contributed by atoms with E-state index in [4.69, 9.17) is 30.2 Å². The second-order valence-corrected chi connectivity index (χ2v) is 11.3. The summed E-state index contributed by atoms with van der Waals surface area (Å²) in [6.45, 7) is 4.44. The summed E-state index contributed by atoms with van der Waals surface area (Å²) in [6.07, 6.45) is 2.05. The molecule has 0 saturated heterocycles. The van der Waals surface area contributed by atoms with Gasteiger partial charge in [0.2, 0.25) is 12.7 Å². The Hall–Kier alpha value is -4.70. The Morgan fingerprint density at radius 1 is 1.00 bits per heavy atom. The fraction of sp³-hybridized carbons (Fsp3) is 0.303. The number of hydrogen-bond acceptors (Lipinski definition) is 7. The van der Waals surface area contributed by atoms with Crippen molar-refractivity contribution >= 4 is 40.2 Å². The molecule has 0 atom stereocenters. The quantitative estimate of drug-likeness (QED) is 0.210. The van der Waals surface area contributed by atoms with Crippen molar-refractivity contribution in [1.82, 2.24) is 9.80 Å². The minimum absolute atomic E-state index is 0.0514. The lowest BCUT2D eigenvalue weighted by atomic mass is 10.1. The Kier molecular flexibility index (Phi) is 9.59. The summed E-state index contributed by atoms with van der Waals surface area (Å²) in [5.41, 5.74) is 1.64. The van der Waals surface area contributed by atoms with Gasteiger partial charge in [0.15, 0.2) is 16.9 Å². The molecule has 0 fully saturated rings. The highest BCUT2D eigenvalue weighted by atomic mass is 35.5. The highest BCUT2D eigenvalue weighted by molar-refractivity contribution is 6.31. The number of halogens is 1. The molecule has 0 bridgehead atoms. The fourth-order valence-corrected chi connectivity index (χ4v) is 4.99. The van der Waals surface area contributed by atoms with Crippen molar-refractivity contribution < 1.29 is 28.2 Å². The maximum absolute atomic E-state index is 14.0. The Morgan fingerprint density at radius 3 is 2.59 bits per heavy atom. The SMILES string of the molecule is COc1ccccc1NC(=O)N(CCC(C)C)CC(=O)N(Cc1ccc2c(c1)OCO2)Cc1coc2ccc(Cl)cc2c1=O. The summed E-state index contributed by atoms with van der Waals surface area (Å²) in [7, 11) is 1.52. The Balaban J connectivity index is 1.43. The summed E-state index contributed by atoms with van der Waals surface area (Å²) in [4.78, 5) is 44.0. The number of rotatable bonds is 11. The summed E-state index contributed by atoms with van der Waals surface area (Å²) >= 11 is 6.15. The van der Waals surface area contributed by atoms with Crippen LogP contribution in [-0.4, -0.2) is 48.7 Å². The van der Waals surface area contributed by atoms with Gasteiger partial charge in [-0.05, 0) is 60.4 Å². The van der Waals surface area contributed by atoms with Gasteiger partial charge in [-0.2, -0.15) is 0 Å². The first-order chi connectivity index (χ1) is 21.2. The van der Waals surface area contributed by atoms with Crippen LogP contribution in [0.5, 0.6) is 17.2 Å². The number of nitrogens with zero attached hydrogens (tertiary/aromatic N) is 2. The number of hydrogen-bond donors (Lipinski definition) is 1. The maximum Gasteiger partial charge on any atom is 0.322 e. The standard InChI is InChI=1S/C33H34ClN3O7/c1-21(2)12-13-36(33(40)35-26-6-4-5-7-28(26)41-3)18-31(38)37(16-22-8-10-29-30(14-22)44-20-43-29)17-23-19-42-27-11-9-24(34)15-25(27)32(23)39/h4-11,14-15,19,21H,12-13,16-18,20H2,1-3H3,(H,35,40). The lowest BCUT2D eigenvalue weighted by Crippen LogP contribution is -2.45. The third kappa shape index (κ3) is 7.26. The van der Waals surface area contributed by atoms with Crippen molar-refractivity contribution in [2.24, 2.45) is 5.92 Å². The first-order valence-electron chi connectivity index (χ1n) is 14.3. The third-order valence-electron chi connectivity index (χ3n) is 7.27. The summed E-state index contributed by atoms with van der Waals surface area (Å²) in [5, 5.41) is 3.59. The molecule has 0 saturated carbocycles. The molecule has 4 aromatic rings. The number of methoxy groups -OCH3 is 1. The van der Waals surface area contributed by atoms with Gasteiger partial charge in [-0.25, -0.2) is 4.79 Å². The largest absolute Gasteiger partial charge is 0.495 e. The van der Waals surface area contributed by atoms with Crippen LogP contribution in [0.4, 0.5) is 10.5 Å². The molecule has 3 amide bonds. The van der Waals surface area contributed by atoms with E-state index < -0.39 is 6.03 Å². The third-order valence-corrected chi connectivity index (χ3v) is 7.50. The molecule has 2 heterocycles. The van der Waals surface area contributed by atoms with Gasteiger partial charge in [-0.3, -0.25) is 9.59 Å². The number of nitrogens with one attached hydrogen (secondary N) is 1. The fourth-order valence-electron chi connectivity index (χ4n) is 4.82. The van der Waals surface area contributed by atoms with E-state index in [0.29, 0.717) is 57.8 Å². The van der Waals surface area contributed by atoms with Crippen molar-refractivity contribution in [3.05, 3.63) is 93.3 Å². The van der Waals surface area contributed by atoms with Crippen LogP contribution >= 0.6 is 11.6 Å². The van der Waals surface area contributed by atoms with E-state index in [0.717, 1.165) is 5.56 Å². The molecule has 44 heavy (non-hydrogen) atoms. The van der Waals surface area contributed by atoms with E-state index in [1.807, 2.05) is 6.07 Å². The number of urea groups is 1. The van der Waals surface area contributed by atoms with E-state index in [1.165, 1.54) is 23.2 Å². The van der Waals surface area contributed by atoms with Crippen molar-refractivity contribution in [3.63, 3.8) is 0 Å². The monoisotopic (exact) mass is 619 g/mol. The molecule has 3 aromatic carbocycles. The van der Waals surface area contributed by atoms with Crippen LogP contribution in [0.2, 0.25) is 5.02 Å². The van der Waals surface area contributed by atoms with Gasteiger partial charge in [-0.15, -0.1) is 0 Å². The molecule has 1 aromatic heterocycles. The molecular weight excluding hydrogens is 586 g/mol. The molecule has 11 heteroatoms. The molecule has 1 aliphatic heterocycles. The minimum atomic E-state index is -0.439. The van der Waals surface area contributed by atoms with Crippen molar-refractivity contribution in [2.75, 3.05) is 32.3 Å². The lowest BCUT2D eigenvalue weighted by Gasteiger charge is -2.28. The second-order valence-electron chi connectivity index (χ2n) is 10.9.